The summed E-state index contributed by atoms with van der Waals surface area (Å²) in [6, 6.07) is 4.83. The molecule has 4 amide bonds. The van der Waals surface area contributed by atoms with E-state index in [1.54, 1.807) is 16.8 Å². The number of aromatic nitrogens is 1. The minimum absolute atomic E-state index is 0.0290. The molecule has 4 atom stereocenters. The van der Waals surface area contributed by atoms with Gasteiger partial charge in [-0.2, -0.15) is 0 Å². The van der Waals surface area contributed by atoms with E-state index in [4.69, 9.17) is 5.11 Å². The number of hydrogen-bond donors (Lipinski definition) is 5. The minimum atomic E-state index is -1.12. The molecule has 0 aliphatic carbocycles. The Hall–Kier alpha value is -3.84. The van der Waals surface area contributed by atoms with Crippen LogP contribution in [0, 0.1) is 12.8 Å². The highest BCUT2D eigenvalue weighted by molar-refractivity contribution is 7.13. The second kappa shape index (κ2) is 14.9. The van der Waals surface area contributed by atoms with E-state index in [-0.39, 0.29) is 44.7 Å². The van der Waals surface area contributed by atoms with E-state index in [0.29, 0.717) is 0 Å². The number of aryl methyl sites for hydroxylation is 1. The highest BCUT2D eigenvalue weighted by Crippen LogP contribution is 2.27. The van der Waals surface area contributed by atoms with Gasteiger partial charge < -0.3 is 31.1 Å². The van der Waals surface area contributed by atoms with Crippen molar-refractivity contribution in [2.24, 2.45) is 5.92 Å². The topological polar surface area (TPSA) is 178 Å². The molecule has 12 nitrogen and oxygen atoms in total. The number of benzene rings is 1. The summed E-state index contributed by atoms with van der Waals surface area (Å²) in [6.45, 7) is 7.34. The first kappa shape index (κ1) is 32.7. The molecule has 13 heteroatoms. The molecule has 1 saturated heterocycles. The van der Waals surface area contributed by atoms with Crippen molar-refractivity contribution in [1.29, 1.82) is 0 Å². The lowest BCUT2D eigenvalue weighted by Gasteiger charge is -2.28. The third-order valence-electron chi connectivity index (χ3n) is 6.95. The van der Waals surface area contributed by atoms with Crippen LogP contribution in [-0.2, 0) is 30.5 Å². The second-order valence-corrected chi connectivity index (χ2v) is 11.8. The van der Waals surface area contributed by atoms with E-state index < -0.39 is 53.8 Å². The number of nitrogens with zero attached hydrogens (tertiary/aromatic N) is 2. The number of aliphatic hydroxyl groups excluding tert-OH is 1. The van der Waals surface area contributed by atoms with Crippen LogP contribution in [0.1, 0.15) is 57.7 Å². The number of nitrogens with one attached hydrogen (secondary N) is 3. The molecule has 0 unspecified atom stereocenters. The van der Waals surface area contributed by atoms with Gasteiger partial charge >= 0.3 is 5.97 Å². The maximum Gasteiger partial charge on any atom is 0.303 e. The Morgan fingerprint density at radius 1 is 1.07 bits per heavy atom. The zero-order chi connectivity index (χ0) is 31.0. The van der Waals surface area contributed by atoms with Crippen LogP contribution >= 0.6 is 11.3 Å². The number of thiazole rings is 1. The van der Waals surface area contributed by atoms with Crippen LogP contribution in [0.15, 0.2) is 29.8 Å². The van der Waals surface area contributed by atoms with E-state index in [9.17, 15) is 29.1 Å². The molecule has 2 heterocycles. The van der Waals surface area contributed by atoms with Crippen molar-refractivity contribution >= 4 is 40.9 Å². The number of rotatable bonds is 13. The predicted molar refractivity (Wildman–Crippen MR) is 156 cm³/mol. The molecule has 2 aromatic rings. The first-order chi connectivity index (χ1) is 19.8. The largest absolute Gasteiger partial charge is 0.481 e. The van der Waals surface area contributed by atoms with Crippen molar-refractivity contribution in [3.63, 3.8) is 0 Å². The van der Waals surface area contributed by atoms with Gasteiger partial charge in [-0.05, 0) is 37.3 Å². The summed E-state index contributed by atoms with van der Waals surface area (Å²) in [4.78, 5) is 68.9. The normalized spacial score (nSPS) is 17.9. The monoisotopic (exact) mass is 601 g/mol. The van der Waals surface area contributed by atoms with Crippen molar-refractivity contribution in [2.75, 3.05) is 6.54 Å². The van der Waals surface area contributed by atoms with Gasteiger partial charge in [0.25, 0.3) is 0 Å². The Balaban J connectivity index is 1.59. The molecular formula is C29H39N5O7S. The Labute approximate surface area is 248 Å². The van der Waals surface area contributed by atoms with Gasteiger partial charge in [0.1, 0.15) is 18.1 Å². The van der Waals surface area contributed by atoms with E-state index in [1.165, 1.54) is 11.8 Å². The molecule has 0 spiro atoms. The number of aliphatic carboxylic acids is 1. The van der Waals surface area contributed by atoms with Gasteiger partial charge in [0.2, 0.25) is 23.6 Å². The van der Waals surface area contributed by atoms with Crippen molar-refractivity contribution in [1.82, 2.24) is 25.8 Å². The molecule has 42 heavy (non-hydrogen) atoms. The standard InChI is InChI=1S/C29H39N5O7S/c1-16(2)11-22(33-24(36)9-10-25(37)38)27(39)32-18(4)29(41)34-14-21(35)12-23(34)28(40)30-13-19-5-7-20(8-6-19)26-17(3)31-15-42-26/h5-8,15-16,18,21-23,35H,9-14H2,1-4H3,(H,30,40)(H,32,39)(H,33,36)(H,37,38)/t18-,21+,22-,23-/m0/s1. The molecular weight excluding hydrogens is 562 g/mol. The van der Waals surface area contributed by atoms with Crippen molar-refractivity contribution in [3.8, 4) is 10.4 Å². The lowest BCUT2D eigenvalue weighted by Crippen LogP contribution is -2.56. The fourth-order valence-electron chi connectivity index (χ4n) is 4.78. The molecule has 0 saturated carbocycles. The van der Waals surface area contributed by atoms with Crippen molar-refractivity contribution in [3.05, 3.63) is 41.0 Å². The summed E-state index contributed by atoms with van der Waals surface area (Å²) in [6.07, 6.45) is -1.18. The van der Waals surface area contributed by atoms with Gasteiger partial charge in [0.15, 0.2) is 0 Å². The maximum absolute atomic E-state index is 13.3. The number of carboxylic acids is 1. The number of carboxylic acid groups (broad SMARTS) is 1. The summed E-state index contributed by atoms with van der Waals surface area (Å²) in [5.74, 6) is -3.22. The number of aliphatic hydroxyl groups is 1. The van der Waals surface area contributed by atoms with Gasteiger partial charge in [-0.15, -0.1) is 11.3 Å². The number of β-amino-alcohol motifs (C(OH)–C–C–N with tert-alkyl or cyclic N) is 1. The molecule has 5 N–H and O–H groups in total. The minimum Gasteiger partial charge on any atom is -0.481 e. The van der Waals surface area contributed by atoms with Crippen LogP contribution in [0.4, 0.5) is 0 Å². The summed E-state index contributed by atoms with van der Waals surface area (Å²) in [5, 5.41) is 27.1. The number of amides is 4. The smallest absolute Gasteiger partial charge is 0.303 e. The van der Waals surface area contributed by atoms with Crippen LogP contribution in [0.5, 0.6) is 0 Å². The Bertz CT molecular complexity index is 1280. The van der Waals surface area contributed by atoms with E-state index in [0.717, 1.165) is 21.7 Å². The Kier molecular flexibility index (Phi) is 11.6. The Morgan fingerprint density at radius 2 is 1.76 bits per heavy atom. The lowest BCUT2D eigenvalue weighted by molar-refractivity contribution is -0.141. The maximum atomic E-state index is 13.3. The van der Waals surface area contributed by atoms with Crippen molar-refractivity contribution < 1.29 is 34.2 Å². The lowest BCUT2D eigenvalue weighted by atomic mass is 10.0. The van der Waals surface area contributed by atoms with Crippen LogP contribution < -0.4 is 16.0 Å². The third-order valence-corrected chi connectivity index (χ3v) is 7.92. The molecule has 1 aliphatic heterocycles. The van der Waals surface area contributed by atoms with Crippen LogP contribution in [0.25, 0.3) is 10.4 Å². The fourth-order valence-corrected chi connectivity index (χ4v) is 5.59. The van der Waals surface area contributed by atoms with Crippen molar-refractivity contribution in [2.45, 2.75) is 84.2 Å². The zero-order valence-electron chi connectivity index (χ0n) is 24.3. The molecule has 0 radical (unpaired) electrons. The van der Waals surface area contributed by atoms with Gasteiger partial charge in [-0.3, -0.25) is 24.0 Å². The van der Waals surface area contributed by atoms with Gasteiger partial charge in [-0.1, -0.05) is 38.1 Å². The molecule has 0 bridgehead atoms. The van der Waals surface area contributed by atoms with Crippen LogP contribution in [0.3, 0.4) is 0 Å². The summed E-state index contributed by atoms with van der Waals surface area (Å²) in [5.41, 5.74) is 4.65. The summed E-state index contributed by atoms with van der Waals surface area (Å²) >= 11 is 1.56. The van der Waals surface area contributed by atoms with E-state index in [1.807, 2.05) is 45.0 Å². The Morgan fingerprint density at radius 3 is 2.36 bits per heavy atom. The average molecular weight is 602 g/mol. The van der Waals surface area contributed by atoms with E-state index >= 15 is 0 Å². The van der Waals surface area contributed by atoms with Gasteiger partial charge in [-0.25, -0.2) is 4.98 Å². The number of carbonyl (C=O) groups excluding carboxylic acids is 4. The summed E-state index contributed by atoms with van der Waals surface area (Å²) < 4.78 is 0. The molecule has 228 valence electrons. The van der Waals surface area contributed by atoms with E-state index in [2.05, 4.69) is 20.9 Å². The molecule has 1 aliphatic rings. The highest BCUT2D eigenvalue weighted by Gasteiger charge is 2.40. The first-order valence-corrected chi connectivity index (χ1v) is 14.8. The number of hydrogen-bond acceptors (Lipinski definition) is 8. The van der Waals surface area contributed by atoms with Gasteiger partial charge in [0, 0.05) is 25.9 Å². The SMILES string of the molecule is Cc1ncsc1-c1ccc(CNC(=O)[C@@H]2C[C@@H](O)CN2C(=O)[C@H](C)NC(=O)[C@H](CC(C)C)NC(=O)CCC(=O)O)cc1. The molecule has 3 rings (SSSR count). The number of likely N-dealkylation sites (tertiary alicyclic amines) is 1. The third kappa shape index (κ3) is 9.08. The number of carbonyl (C=O) groups is 5. The zero-order valence-corrected chi connectivity index (χ0v) is 25.1. The van der Waals surface area contributed by atoms with Crippen LogP contribution in [0.2, 0.25) is 0 Å². The van der Waals surface area contributed by atoms with Crippen LogP contribution in [-0.4, -0.2) is 80.5 Å². The molecule has 1 aromatic carbocycles. The average Bonchev–Trinajstić information content (AvgIpc) is 3.54. The van der Waals surface area contributed by atoms with Gasteiger partial charge in [0.05, 0.1) is 28.6 Å². The fraction of sp³-hybridized carbons (Fsp3) is 0.517. The second-order valence-electron chi connectivity index (χ2n) is 11.0. The summed E-state index contributed by atoms with van der Waals surface area (Å²) in [7, 11) is 0. The molecule has 1 fully saturated rings. The highest BCUT2D eigenvalue weighted by atomic mass is 32.1. The quantitative estimate of drug-likeness (QED) is 0.230. The molecule has 1 aromatic heterocycles. The predicted octanol–water partition coefficient (Wildman–Crippen LogP) is 1.60. The first-order valence-electron chi connectivity index (χ1n) is 13.9.